The van der Waals surface area contributed by atoms with Gasteiger partial charge in [0.2, 0.25) is 0 Å². The number of carboxylic acids is 1. The highest BCUT2D eigenvalue weighted by Crippen LogP contribution is 2.28. The number of benzene rings is 1. The first-order valence-electron chi connectivity index (χ1n) is 8.75. The van der Waals surface area contributed by atoms with Crippen molar-refractivity contribution in [3.63, 3.8) is 0 Å². The molecule has 144 valence electrons. The maximum atomic E-state index is 12.3. The number of aromatic nitrogens is 2. The second-order valence-electron chi connectivity index (χ2n) is 7.32. The number of nitrogens with zero attached hydrogens (tertiary/aromatic N) is 2. The van der Waals surface area contributed by atoms with Crippen LogP contribution in [0.5, 0.6) is 5.75 Å². The SMILES string of the molecule is Cc1ccnc2ccc(-c3cnc(C(=O)NCC(C)(C)C(=O)O)c(O)c3)cc12. The zero-order chi connectivity index (χ0) is 20.5. The van der Waals surface area contributed by atoms with Crippen LogP contribution in [-0.4, -0.2) is 38.6 Å². The number of aromatic hydroxyl groups is 1. The Labute approximate surface area is 162 Å². The zero-order valence-electron chi connectivity index (χ0n) is 15.9. The molecule has 0 saturated heterocycles. The van der Waals surface area contributed by atoms with Gasteiger partial charge in [-0.25, -0.2) is 4.98 Å². The lowest BCUT2D eigenvalue weighted by Gasteiger charge is -2.19. The molecular weight excluding hydrogens is 358 g/mol. The Balaban J connectivity index is 1.85. The van der Waals surface area contributed by atoms with Gasteiger partial charge >= 0.3 is 5.97 Å². The predicted octanol–water partition coefficient (Wildman–Crippen LogP) is 3.15. The molecule has 0 saturated carbocycles. The first kappa shape index (κ1) is 19.3. The van der Waals surface area contributed by atoms with E-state index in [4.69, 9.17) is 5.11 Å². The third-order valence-corrected chi connectivity index (χ3v) is 4.65. The monoisotopic (exact) mass is 379 g/mol. The minimum absolute atomic E-state index is 0.0824. The van der Waals surface area contributed by atoms with E-state index in [1.54, 1.807) is 6.20 Å². The quantitative estimate of drug-likeness (QED) is 0.628. The molecule has 0 unspecified atom stereocenters. The fraction of sp³-hybridized carbons (Fsp3) is 0.238. The molecule has 7 nitrogen and oxygen atoms in total. The van der Waals surface area contributed by atoms with E-state index in [1.807, 2.05) is 31.2 Å². The number of carboxylic acid groups (broad SMARTS) is 1. The van der Waals surface area contributed by atoms with Crippen LogP contribution in [0.25, 0.3) is 22.0 Å². The number of nitrogens with one attached hydrogen (secondary N) is 1. The highest BCUT2D eigenvalue weighted by Gasteiger charge is 2.28. The molecule has 2 aromatic heterocycles. The largest absolute Gasteiger partial charge is 0.505 e. The summed E-state index contributed by atoms with van der Waals surface area (Å²) in [5.41, 5.74) is 2.18. The summed E-state index contributed by atoms with van der Waals surface area (Å²) in [5, 5.41) is 22.9. The summed E-state index contributed by atoms with van der Waals surface area (Å²) in [6, 6.07) is 9.12. The van der Waals surface area contributed by atoms with Crippen molar-refractivity contribution in [2.45, 2.75) is 20.8 Å². The molecule has 0 spiro atoms. The summed E-state index contributed by atoms with van der Waals surface area (Å²) < 4.78 is 0. The van der Waals surface area contributed by atoms with Crippen molar-refractivity contribution < 1.29 is 19.8 Å². The number of carbonyl (C=O) groups is 2. The van der Waals surface area contributed by atoms with Crippen LogP contribution in [0.15, 0.2) is 42.7 Å². The lowest BCUT2D eigenvalue weighted by Crippen LogP contribution is -2.39. The number of aryl methyl sites for hydroxylation is 1. The lowest BCUT2D eigenvalue weighted by molar-refractivity contribution is -0.146. The van der Waals surface area contributed by atoms with Crippen molar-refractivity contribution in [2.24, 2.45) is 5.41 Å². The number of hydrogen-bond donors (Lipinski definition) is 3. The number of aliphatic carboxylic acids is 1. The molecule has 0 aliphatic rings. The topological polar surface area (TPSA) is 112 Å². The number of carbonyl (C=O) groups excluding carboxylic acids is 1. The summed E-state index contributed by atoms with van der Waals surface area (Å²) in [6.45, 7) is 4.92. The molecule has 28 heavy (non-hydrogen) atoms. The van der Waals surface area contributed by atoms with E-state index in [9.17, 15) is 14.7 Å². The molecule has 2 heterocycles. The van der Waals surface area contributed by atoms with Gasteiger partial charge in [0.15, 0.2) is 5.69 Å². The molecule has 0 fully saturated rings. The van der Waals surface area contributed by atoms with Gasteiger partial charge in [-0.3, -0.25) is 14.6 Å². The van der Waals surface area contributed by atoms with Crippen LogP contribution < -0.4 is 5.32 Å². The Morgan fingerprint density at radius 1 is 1.11 bits per heavy atom. The first-order chi connectivity index (χ1) is 13.2. The van der Waals surface area contributed by atoms with Gasteiger partial charge < -0.3 is 15.5 Å². The summed E-state index contributed by atoms with van der Waals surface area (Å²) in [7, 11) is 0. The van der Waals surface area contributed by atoms with Crippen molar-refractivity contribution in [1.82, 2.24) is 15.3 Å². The Morgan fingerprint density at radius 2 is 1.86 bits per heavy atom. The maximum absolute atomic E-state index is 12.3. The molecule has 3 rings (SSSR count). The highest BCUT2D eigenvalue weighted by atomic mass is 16.4. The molecule has 0 atom stereocenters. The van der Waals surface area contributed by atoms with Gasteiger partial charge in [0.25, 0.3) is 5.91 Å². The number of rotatable bonds is 5. The summed E-state index contributed by atoms with van der Waals surface area (Å²) in [5.74, 6) is -1.93. The molecule has 0 bridgehead atoms. The Kier molecular flexibility index (Phi) is 5.00. The Hall–Kier alpha value is -3.48. The van der Waals surface area contributed by atoms with E-state index in [0.29, 0.717) is 5.56 Å². The van der Waals surface area contributed by atoms with Gasteiger partial charge in [-0.05, 0) is 56.2 Å². The number of amides is 1. The van der Waals surface area contributed by atoms with Crippen molar-refractivity contribution >= 4 is 22.8 Å². The Bertz CT molecular complexity index is 1080. The average molecular weight is 379 g/mol. The summed E-state index contributed by atoms with van der Waals surface area (Å²) >= 11 is 0. The fourth-order valence-electron chi connectivity index (χ4n) is 2.71. The third kappa shape index (κ3) is 3.78. The van der Waals surface area contributed by atoms with E-state index in [1.165, 1.54) is 26.1 Å². The van der Waals surface area contributed by atoms with Crippen LogP contribution in [0.2, 0.25) is 0 Å². The smallest absolute Gasteiger partial charge is 0.310 e. The molecule has 1 aromatic carbocycles. The molecule has 7 heteroatoms. The van der Waals surface area contributed by atoms with Crippen LogP contribution in [0.3, 0.4) is 0 Å². The van der Waals surface area contributed by atoms with E-state index in [0.717, 1.165) is 22.0 Å². The van der Waals surface area contributed by atoms with Gasteiger partial charge in [-0.1, -0.05) is 6.07 Å². The number of pyridine rings is 2. The van der Waals surface area contributed by atoms with Crippen LogP contribution in [-0.2, 0) is 4.79 Å². The zero-order valence-corrected chi connectivity index (χ0v) is 15.9. The van der Waals surface area contributed by atoms with Gasteiger partial charge in [0.05, 0.1) is 10.9 Å². The van der Waals surface area contributed by atoms with E-state index >= 15 is 0 Å². The highest BCUT2D eigenvalue weighted by molar-refractivity contribution is 5.96. The number of fused-ring (bicyclic) bond motifs is 1. The second kappa shape index (κ2) is 7.26. The van der Waals surface area contributed by atoms with Gasteiger partial charge in [-0.2, -0.15) is 0 Å². The molecule has 1 amide bonds. The standard InChI is InChI=1S/C21H21N3O4/c1-12-6-7-22-16-5-4-13(8-15(12)16)14-9-17(25)18(23-10-14)19(26)24-11-21(2,3)20(27)28/h4-10,25H,11H2,1-3H3,(H,24,26)(H,27,28). The molecule has 0 aliphatic heterocycles. The fourth-order valence-corrected chi connectivity index (χ4v) is 2.71. The van der Waals surface area contributed by atoms with Crippen LogP contribution in [0.4, 0.5) is 0 Å². The summed E-state index contributed by atoms with van der Waals surface area (Å²) in [6.07, 6.45) is 3.26. The molecular formula is C21H21N3O4. The number of hydrogen-bond acceptors (Lipinski definition) is 5. The Morgan fingerprint density at radius 3 is 2.54 bits per heavy atom. The van der Waals surface area contributed by atoms with Gasteiger partial charge in [0.1, 0.15) is 5.75 Å². The van der Waals surface area contributed by atoms with E-state index < -0.39 is 17.3 Å². The van der Waals surface area contributed by atoms with Crippen molar-refractivity contribution in [3.8, 4) is 16.9 Å². The molecule has 0 aliphatic carbocycles. The molecule has 3 aromatic rings. The minimum Gasteiger partial charge on any atom is -0.505 e. The van der Waals surface area contributed by atoms with E-state index in [2.05, 4.69) is 15.3 Å². The van der Waals surface area contributed by atoms with Gasteiger partial charge in [0, 0.05) is 29.9 Å². The van der Waals surface area contributed by atoms with Crippen molar-refractivity contribution in [2.75, 3.05) is 6.54 Å². The third-order valence-electron chi connectivity index (χ3n) is 4.65. The first-order valence-corrected chi connectivity index (χ1v) is 8.75. The normalized spacial score (nSPS) is 11.4. The van der Waals surface area contributed by atoms with Crippen LogP contribution >= 0.6 is 0 Å². The second-order valence-corrected chi connectivity index (χ2v) is 7.32. The summed E-state index contributed by atoms with van der Waals surface area (Å²) in [4.78, 5) is 31.8. The molecule has 0 radical (unpaired) electrons. The van der Waals surface area contributed by atoms with E-state index in [-0.39, 0.29) is 18.0 Å². The van der Waals surface area contributed by atoms with Crippen molar-refractivity contribution in [1.29, 1.82) is 0 Å². The molecule has 3 N–H and O–H groups in total. The average Bonchev–Trinajstić information content (AvgIpc) is 2.66. The van der Waals surface area contributed by atoms with Gasteiger partial charge in [-0.15, -0.1) is 0 Å². The maximum Gasteiger partial charge on any atom is 0.310 e. The van der Waals surface area contributed by atoms with Crippen LogP contribution in [0.1, 0.15) is 29.9 Å². The van der Waals surface area contributed by atoms with Crippen molar-refractivity contribution in [3.05, 3.63) is 54.0 Å². The predicted molar refractivity (Wildman–Crippen MR) is 105 cm³/mol. The minimum atomic E-state index is -1.12. The van der Waals surface area contributed by atoms with Crippen LogP contribution in [0, 0.1) is 12.3 Å². The lowest BCUT2D eigenvalue weighted by atomic mass is 9.94.